The van der Waals surface area contributed by atoms with Gasteiger partial charge < -0.3 is 4.74 Å². The Morgan fingerprint density at radius 2 is 2.13 bits per heavy atom. The van der Waals surface area contributed by atoms with Gasteiger partial charge in [0.25, 0.3) is 0 Å². The summed E-state index contributed by atoms with van der Waals surface area (Å²) in [5, 5.41) is 3.81. The molecule has 0 fully saturated rings. The van der Waals surface area contributed by atoms with Gasteiger partial charge >= 0.3 is 5.97 Å². The largest absolute Gasteiger partial charge is 0.465 e. The molecular weight excluding hydrogens is 212 g/mol. The fraction of sp³-hybridized carbons (Fsp3) is 0.364. The van der Waals surface area contributed by atoms with E-state index in [4.69, 9.17) is 0 Å². The summed E-state index contributed by atoms with van der Waals surface area (Å²) in [7, 11) is 1.09. The van der Waals surface area contributed by atoms with Crippen LogP contribution in [0.4, 0.5) is 0 Å². The molecule has 0 N–H and O–H groups in total. The number of methoxy groups -OCH3 is 1. The van der Waals surface area contributed by atoms with E-state index in [0.29, 0.717) is 11.3 Å². The third-order valence-electron chi connectivity index (χ3n) is 1.79. The number of ether oxygens (including phenoxy) is 1. The van der Waals surface area contributed by atoms with Crippen LogP contribution < -0.4 is 0 Å². The van der Waals surface area contributed by atoms with Crippen molar-refractivity contribution in [3.05, 3.63) is 22.6 Å². The van der Waals surface area contributed by atoms with E-state index < -0.39 is 0 Å². The molecule has 0 radical (unpaired) electrons. The van der Waals surface area contributed by atoms with Gasteiger partial charge in [0.1, 0.15) is 5.78 Å². The quantitative estimate of drug-likeness (QED) is 0.543. The molecule has 0 bridgehead atoms. The predicted molar refractivity (Wildman–Crippen MR) is 63.1 cm³/mol. The number of Topliss-reactive ketones (excluding diaryl/α,β-unsaturated/α-hetero) is 1. The summed E-state index contributed by atoms with van der Waals surface area (Å²) in [6, 6.07) is 0. The Balaban J connectivity index is 2.94. The van der Waals surface area contributed by atoms with E-state index in [0.717, 1.165) is 5.57 Å². The van der Waals surface area contributed by atoms with Crippen LogP contribution >= 0.6 is 10.5 Å². The van der Waals surface area contributed by atoms with Gasteiger partial charge in [0.05, 0.1) is 18.4 Å². The van der Waals surface area contributed by atoms with E-state index in [1.165, 1.54) is 7.11 Å². The minimum absolute atomic E-state index is 0.129. The van der Waals surface area contributed by atoms with Crippen molar-refractivity contribution in [1.29, 1.82) is 0 Å². The summed E-state index contributed by atoms with van der Waals surface area (Å²) in [6.07, 6.45) is 1.77. The standard InChI is InChI=1S/C11H14O3S/c1-8-4-10(11(13)14-3)7-15(5-8)6-9(2)12/h4-5,7H,6H2,1-3H3. The molecule has 0 saturated carbocycles. The molecular formula is C11H14O3S. The third-order valence-corrected chi connectivity index (χ3v) is 3.76. The summed E-state index contributed by atoms with van der Waals surface area (Å²) in [4.78, 5) is 22.3. The topological polar surface area (TPSA) is 43.4 Å². The summed E-state index contributed by atoms with van der Waals surface area (Å²) in [5.74, 6) is 0.249. The Labute approximate surface area is 91.7 Å². The van der Waals surface area contributed by atoms with E-state index in [-0.39, 0.29) is 22.2 Å². The molecule has 82 valence electrons. The van der Waals surface area contributed by atoms with Gasteiger partial charge in [-0.2, -0.15) is 10.5 Å². The number of allylic oxidation sites excluding steroid dienone is 2. The predicted octanol–water partition coefficient (Wildman–Crippen LogP) is 1.66. The third kappa shape index (κ3) is 3.47. The molecule has 0 aromatic carbocycles. The Morgan fingerprint density at radius 1 is 1.47 bits per heavy atom. The van der Waals surface area contributed by atoms with E-state index in [1.807, 2.05) is 12.3 Å². The molecule has 0 aliphatic carbocycles. The van der Waals surface area contributed by atoms with Crippen LogP contribution in [0.25, 0.3) is 0 Å². The van der Waals surface area contributed by atoms with Crippen molar-refractivity contribution in [3.63, 3.8) is 0 Å². The number of carbonyl (C=O) groups is 2. The van der Waals surface area contributed by atoms with Crippen molar-refractivity contribution in [3.8, 4) is 0 Å². The van der Waals surface area contributed by atoms with E-state index in [1.54, 1.807) is 18.4 Å². The Hall–Kier alpha value is -1.16. The van der Waals surface area contributed by atoms with Crippen molar-refractivity contribution in [2.24, 2.45) is 0 Å². The van der Waals surface area contributed by atoms with Crippen molar-refractivity contribution in [1.82, 2.24) is 0 Å². The number of hydrogen-bond acceptors (Lipinski definition) is 3. The Bertz CT molecular complexity index is 389. The first-order valence-corrected chi connectivity index (χ1v) is 6.06. The lowest BCUT2D eigenvalue weighted by Gasteiger charge is -2.10. The van der Waals surface area contributed by atoms with Crippen LogP contribution in [0.5, 0.6) is 0 Å². The second-order valence-corrected chi connectivity index (χ2v) is 5.09. The second kappa shape index (κ2) is 5.07. The number of hydrogen-bond donors (Lipinski definition) is 0. The molecule has 0 spiro atoms. The van der Waals surface area contributed by atoms with E-state index in [2.05, 4.69) is 4.74 Å². The minimum Gasteiger partial charge on any atom is -0.465 e. The number of ketones is 1. The van der Waals surface area contributed by atoms with Gasteiger partial charge in [0, 0.05) is 0 Å². The molecule has 0 saturated heterocycles. The molecule has 4 heteroatoms. The molecule has 1 aliphatic rings. The highest BCUT2D eigenvalue weighted by Crippen LogP contribution is 2.24. The molecule has 1 unspecified atom stereocenters. The maximum absolute atomic E-state index is 11.3. The highest BCUT2D eigenvalue weighted by Gasteiger charge is 2.11. The number of rotatable bonds is 3. The van der Waals surface area contributed by atoms with Crippen LogP contribution in [0.1, 0.15) is 13.8 Å². The van der Waals surface area contributed by atoms with Crippen LogP contribution in [0.2, 0.25) is 0 Å². The SMILES string of the molecule is COC(=O)C1=CC(C)=CS(CC(C)=O)=C1. The molecule has 1 aliphatic heterocycles. The van der Waals surface area contributed by atoms with Gasteiger partial charge in [-0.05, 0) is 36.3 Å². The maximum Gasteiger partial charge on any atom is 0.338 e. The van der Waals surface area contributed by atoms with Crippen molar-refractivity contribution >= 4 is 27.6 Å². The van der Waals surface area contributed by atoms with Crippen LogP contribution in [0.15, 0.2) is 22.6 Å². The summed E-state index contributed by atoms with van der Waals surface area (Å²) in [6.45, 7) is 3.47. The molecule has 1 rings (SSSR count). The highest BCUT2D eigenvalue weighted by atomic mass is 32.2. The molecule has 3 nitrogen and oxygen atoms in total. The molecule has 0 amide bonds. The molecule has 1 heterocycles. The highest BCUT2D eigenvalue weighted by molar-refractivity contribution is 8.18. The summed E-state index contributed by atoms with van der Waals surface area (Å²) < 4.78 is 4.65. The first kappa shape index (κ1) is 11.9. The van der Waals surface area contributed by atoms with Crippen LogP contribution in [-0.2, 0) is 14.3 Å². The van der Waals surface area contributed by atoms with Crippen molar-refractivity contribution in [2.75, 3.05) is 12.9 Å². The smallest absolute Gasteiger partial charge is 0.338 e. The Morgan fingerprint density at radius 3 is 2.67 bits per heavy atom. The first-order valence-electron chi connectivity index (χ1n) is 4.54. The molecule has 1 atom stereocenters. The average Bonchev–Trinajstić information content (AvgIpc) is 2.14. The zero-order valence-corrected chi connectivity index (χ0v) is 9.89. The molecule has 0 aromatic heterocycles. The van der Waals surface area contributed by atoms with Gasteiger partial charge in [0.15, 0.2) is 0 Å². The van der Waals surface area contributed by atoms with Gasteiger partial charge in [0.2, 0.25) is 0 Å². The summed E-state index contributed by atoms with van der Waals surface area (Å²) in [5.41, 5.74) is 1.55. The van der Waals surface area contributed by atoms with Crippen molar-refractivity contribution in [2.45, 2.75) is 13.8 Å². The molecule has 0 aromatic rings. The lowest BCUT2D eigenvalue weighted by Crippen LogP contribution is -2.09. The zero-order chi connectivity index (χ0) is 11.4. The van der Waals surface area contributed by atoms with Crippen LogP contribution in [0, 0.1) is 0 Å². The van der Waals surface area contributed by atoms with Gasteiger partial charge in [-0.3, -0.25) is 4.79 Å². The number of carbonyl (C=O) groups excluding carboxylic acids is 2. The monoisotopic (exact) mass is 226 g/mol. The lowest BCUT2D eigenvalue weighted by atomic mass is 10.2. The zero-order valence-electron chi connectivity index (χ0n) is 9.07. The number of esters is 1. The van der Waals surface area contributed by atoms with Gasteiger partial charge in [-0.1, -0.05) is 0 Å². The minimum atomic E-state index is -0.344. The second-order valence-electron chi connectivity index (χ2n) is 3.39. The molecule has 15 heavy (non-hydrogen) atoms. The van der Waals surface area contributed by atoms with Crippen LogP contribution in [0.3, 0.4) is 0 Å². The summed E-state index contributed by atoms with van der Waals surface area (Å²) >= 11 is 0. The van der Waals surface area contributed by atoms with Gasteiger partial charge in [-0.25, -0.2) is 4.79 Å². The normalized spacial score (nSPS) is 19.8. The first-order chi connectivity index (χ1) is 7.02. The fourth-order valence-corrected chi connectivity index (χ4v) is 3.03. The maximum atomic E-state index is 11.3. The average molecular weight is 226 g/mol. The van der Waals surface area contributed by atoms with Gasteiger partial charge in [-0.15, -0.1) is 0 Å². The van der Waals surface area contributed by atoms with Crippen molar-refractivity contribution < 1.29 is 14.3 Å². The Kier molecular flexibility index (Phi) is 4.03. The lowest BCUT2D eigenvalue weighted by molar-refractivity contribution is -0.135. The fourth-order valence-electron chi connectivity index (χ4n) is 1.29. The van der Waals surface area contributed by atoms with Crippen LogP contribution in [-0.4, -0.2) is 30.0 Å². The van der Waals surface area contributed by atoms with E-state index >= 15 is 0 Å². The van der Waals surface area contributed by atoms with E-state index in [9.17, 15) is 9.59 Å².